The Bertz CT molecular complexity index is 546. The van der Waals surface area contributed by atoms with Crippen LogP contribution in [0.5, 0.6) is 0 Å². The van der Waals surface area contributed by atoms with Gasteiger partial charge in [-0.05, 0) is 25.0 Å². The van der Waals surface area contributed by atoms with E-state index in [4.69, 9.17) is 5.73 Å². The topological polar surface area (TPSA) is 63.4 Å². The summed E-state index contributed by atoms with van der Waals surface area (Å²) in [5, 5.41) is 0. The molecular formula is C14H22F2N2O2S. The maximum atomic E-state index is 12.9. The number of nitrogens with zero attached hydrogens (tertiary/aromatic N) is 1. The van der Waals surface area contributed by atoms with E-state index in [2.05, 4.69) is 0 Å². The van der Waals surface area contributed by atoms with E-state index in [9.17, 15) is 17.2 Å². The van der Waals surface area contributed by atoms with E-state index in [0.717, 1.165) is 12.8 Å². The molecule has 7 heteroatoms. The summed E-state index contributed by atoms with van der Waals surface area (Å²) in [7, 11) is -4.64. The van der Waals surface area contributed by atoms with Gasteiger partial charge in [0, 0.05) is 19.1 Å². The molecule has 2 N–H and O–H groups in total. The molecule has 120 valence electrons. The van der Waals surface area contributed by atoms with E-state index >= 15 is 0 Å². The second-order valence-corrected chi connectivity index (χ2v) is 6.61. The van der Waals surface area contributed by atoms with Gasteiger partial charge in [-0.15, -0.1) is 0 Å². The summed E-state index contributed by atoms with van der Waals surface area (Å²) < 4.78 is 49.4. The smallest absolute Gasteiger partial charge is 0.341 e. The first-order valence-electron chi connectivity index (χ1n) is 6.97. The van der Waals surface area contributed by atoms with Crippen LogP contribution in [0.4, 0.5) is 14.5 Å². The highest BCUT2D eigenvalue weighted by Crippen LogP contribution is 2.31. The number of para-hydroxylation sites is 1. The summed E-state index contributed by atoms with van der Waals surface area (Å²) in [5.74, 6) is -3.43. The Morgan fingerprint density at radius 3 is 2.24 bits per heavy atom. The molecule has 0 unspecified atom stereocenters. The molecule has 0 aliphatic rings. The van der Waals surface area contributed by atoms with Gasteiger partial charge in [-0.1, -0.05) is 26.0 Å². The van der Waals surface area contributed by atoms with Gasteiger partial charge < -0.3 is 10.6 Å². The minimum atomic E-state index is -4.64. The van der Waals surface area contributed by atoms with Gasteiger partial charge in [-0.2, -0.15) is 8.78 Å². The Kier molecular flexibility index (Phi) is 6.54. The van der Waals surface area contributed by atoms with Crippen LogP contribution in [0.3, 0.4) is 0 Å². The lowest BCUT2D eigenvalue weighted by atomic mass is 10.1. The largest absolute Gasteiger partial charge is 0.366 e. The number of benzene rings is 1. The highest BCUT2D eigenvalue weighted by atomic mass is 32.2. The zero-order valence-corrected chi connectivity index (χ0v) is 13.1. The van der Waals surface area contributed by atoms with E-state index in [1.807, 2.05) is 18.7 Å². The van der Waals surface area contributed by atoms with Crippen molar-refractivity contribution < 1.29 is 17.2 Å². The van der Waals surface area contributed by atoms with Crippen molar-refractivity contribution in [2.24, 2.45) is 5.73 Å². The van der Waals surface area contributed by atoms with Crippen LogP contribution in [0.2, 0.25) is 0 Å². The van der Waals surface area contributed by atoms with Gasteiger partial charge in [0.1, 0.15) is 0 Å². The van der Waals surface area contributed by atoms with Crippen LogP contribution in [0.15, 0.2) is 29.2 Å². The number of nitrogens with two attached hydrogens (primary N) is 1. The predicted octanol–water partition coefficient (Wildman–Crippen LogP) is 2.64. The number of alkyl halides is 2. The third-order valence-electron chi connectivity index (χ3n) is 3.47. The molecule has 0 saturated heterocycles. The lowest BCUT2D eigenvalue weighted by Crippen LogP contribution is -2.39. The molecule has 1 aromatic rings. The zero-order valence-electron chi connectivity index (χ0n) is 12.3. The fourth-order valence-corrected chi connectivity index (χ4v) is 3.34. The van der Waals surface area contributed by atoms with Gasteiger partial charge in [0.15, 0.2) is 0 Å². The molecule has 0 aromatic heterocycles. The van der Waals surface area contributed by atoms with E-state index < -0.39 is 15.6 Å². The monoisotopic (exact) mass is 320 g/mol. The molecule has 1 rings (SSSR count). The van der Waals surface area contributed by atoms with Crippen LogP contribution < -0.4 is 10.6 Å². The molecule has 0 fully saturated rings. The number of rotatable bonds is 8. The average Bonchev–Trinajstić information content (AvgIpc) is 2.47. The lowest BCUT2D eigenvalue weighted by Gasteiger charge is -2.33. The normalized spacial score (nSPS) is 12.1. The fourth-order valence-electron chi connectivity index (χ4n) is 2.40. The number of anilines is 1. The lowest BCUT2D eigenvalue weighted by molar-refractivity contribution is 0.234. The van der Waals surface area contributed by atoms with Crippen LogP contribution in [-0.2, 0) is 9.84 Å². The van der Waals surface area contributed by atoms with E-state index in [1.54, 1.807) is 12.1 Å². The summed E-state index contributed by atoms with van der Waals surface area (Å²) in [6.07, 6.45) is 1.55. The maximum absolute atomic E-state index is 12.9. The maximum Gasteiger partial charge on any atom is 0.341 e. The van der Waals surface area contributed by atoms with Crippen LogP contribution >= 0.6 is 0 Å². The molecule has 0 spiro atoms. The Balaban J connectivity index is 3.40. The van der Waals surface area contributed by atoms with Crippen LogP contribution in [0, 0.1) is 0 Å². The molecule has 0 heterocycles. The number of sulfone groups is 1. The summed E-state index contributed by atoms with van der Waals surface area (Å²) in [6.45, 7) is 4.69. The number of halogens is 2. The second-order valence-electron chi connectivity index (χ2n) is 4.73. The van der Waals surface area contributed by atoms with Gasteiger partial charge in [0.25, 0.3) is 0 Å². The third kappa shape index (κ3) is 3.91. The van der Waals surface area contributed by atoms with Gasteiger partial charge in [-0.25, -0.2) is 8.42 Å². The first-order valence-corrected chi connectivity index (χ1v) is 8.52. The van der Waals surface area contributed by atoms with E-state index in [0.29, 0.717) is 18.8 Å². The van der Waals surface area contributed by atoms with Gasteiger partial charge in [-0.3, -0.25) is 0 Å². The van der Waals surface area contributed by atoms with Crippen molar-refractivity contribution >= 4 is 15.5 Å². The van der Waals surface area contributed by atoms with Crippen molar-refractivity contribution in [3.05, 3.63) is 24.3 Å². The molecule has 21 heavy (non-hydrogen) atoms. The van der Waals surface area contributed by atoms with E-state index in [-0.39, 0.29) is 10.9 Å². The standard InChI is InChI=1S/C14H22F2N2O2S/c1-3-11(4-2)18(10-9-17)12-7-5-6-8-13(12)21(19,20)14(15)16/h5-8,11,14H,3-4,9-10,17H2,1-2H3. The van der Waals surface area contributed by atoms with E-state index in [1.165, 1.54) is 12.1 Å². The minimum Gasteiger partial charge on any atom is -0.366 e. The molecule has 1 aromatic carbocycles. The second kappa shape index (κ2) is 7.70. The molecule has 0 amide bonds. The highest BCUT2D eigenvalue weighted by molar-refractivity contribution is 7.91. The molecular weight excluding hydrogens is 298 g/mol. The van der Waals surface area contributed by atoms with Crippen molar-refractivity contribution in [2.45, 2.75) is 43.4 Å². The molecule has 0 atom stereocenters. The van der Waals surface area contributed by atoms with Gasteiger partial charge in [0.2, 0.25) is 9.84 Å². The van der Waals surface area contributed by atoms with Crippen molar-refractivity contribution in [1.82, 2.24) is 0 Å². The van der Waals surface area contributed by atoms with Crippen LogP contribution in [-0.4, -0.2) is 33.3 Å². The van der Waals surface area contributed by atoms with Crippen molar-refractivity contribution in [3.63, 3.8) is 0 Å². The quantitative estimate of drug-likeness (QED) is 0.800. The number of hydrogen-bond acceptors (Lipinski definition) is 4. The Morgan fingerprint density at radius 2 is 1.76 bits per heavy atom. The van der Waals surface area contributed by atoms with Gasteiger partial charge >= 0.3 is 5.76 Å². The Morgan fingerprint density at radius 1 is 1.19 bits per heavy atom. The molecule has 0 saturated carbocycles. The molecule has 0 aliphatic carbocycles. The highest BCUT2D eigenvalue weighted by Gasteiger charge is 2.31. The summed E-state index contributed by atoms with van der Waals surface area (Å²) >= 11 is 0. The first-order chi connectivity index (χ1) is 9.89. The third-order valence-corrected chi connectivity index (χ3v) is 4.90. The Hall–Kier alpha value is -1.21. The Labute approximate surface area is 124 Å². The summed E-state index contributed by atoms with van der Waals surface area (Å²) in [4.78, 5) is 1.48. The van der Waals surface area contributed by atoms with Crippen molar-refractivity contribution in [3.8, 4) is 0 Å². The first kappa shape index (κ1) is 17.8. The molecule has 0 radical (unpaired) electrons. The number of hydrogen-bond donors (Lipinski definition) is 1. The summed E-state index contributed by atoms with van der Waals surface area (Å²) in [5.41, 5.74) is 5.90. The minimum absolute atomic E-state index is 0.0579. The molecule has 0 aliphatic heterocycles. The predicted molar refractivity (Wildman–Crippen MR) is 80.4 cm³/mol. The zero-order chi connectivity index (χ0) is 16.0. The van der Waals surface area contributed by atoms with Crippen molar-refractivity contribution in [1.29, 1.82) is 0 Å². The average molecular weight is 320 g/mol. The van der Waals surface area contributed by atoms with Crippen LogP contribution in [0.25, 0.3) is 0 Å². The van der Waals surface area contributed by atoms with Gasteiger partial charge in [0.05, 0.1) is 10.6 Å². The van der Waals surface area contributed by atoms with Crippen molar-refractivity contribution in [2.75, 3.05) is 18.0 Å². The SMILES string of the molecule is CCC(CC)N(CCN)c1ccccc1S(=O)(=O)C(F)F. The molecule has 0 bridgehead atoms. The fraction of sp³-hybridized carbons (Fsp3) is 0.571. The van der Waals surface area contributed by atoms with Crippen LogP contribution in [0.1, 0.15) is 26.7 Å². The summed E-state index contributed by atoms with van der Waals surface area (Å²) in [6, 6.07) is 5.94. The molecule has 4 nitrogen and oxygen atoms in total.